The van der Waals surface area contributed by atoms with E-state index in [9.17, 15) is 8.42 Å². The molecule has 132 valence electrons. The molecule has 3 aromatic rings. The first kappa shape index (κ1) is 16.8. The second-order valence-electron chi connectivity index (χ2n) is 5.88. The largest absolute Gasteiger partial charge is 0.424 e. The molecule has 0 radical (unpaired) electrons. The zero-order chi connectivity index (χ0) is 18.3. The van der Waals surface area contributed by atoms with E-state index in [1.807, 2.05) is 13.0 Å². The third-order valence-electron chi connectivity index (χ3n) is 3.95. The number of sulfonamides is 1. The summed E-state index contributed by atoms with van der Waals surface area (Å²) in [5.74, 6) is 0.740. The predicted molar refractivity (Wildman–Crippen MR) is 98.1 cm³/mol. The summed E-state index contributed by atoms with van der Waals surface area (Å²) in [6.45, 7) is 2.12. The number of ether oxygens (including phenoxy) is 1. The number of hydrogen-bond donors (Lipinski definition) is 0. The first-order valence-electron chi connectivity index (χ1n) is 7.82. The van der Waals surface area contributed by atoms with Crippen LogP contribution in [0.2, 0.25) is 5.02 Å². The molecule has 0 saturated carbocycles. The summed E-state index contributed by atoms with van der Waals surface area (Å²) in [6, 6.07) is 13.7. The van der Waals surface area contributed by atoms with Crippen molar-refractivity contribution in [3.8, 4) is 11.8 Å². The van der Waals surface area contributed by atoms with Gasteiger partial charge in [-0.05, 0) is 42.3 Å². The summed E-state index contributed by atoms with van der Waals surface area (Å²) in [6.07, 6.45) is 1.47. The Morgan fingerprint density at radius 2 is 1.96 bits per heavy atom. The van der Waals surface area contributed by atoms with Gasteiger partial charge in [0.1, 0.15) is 11.6 Å². The molecular weight excluding hydrogens is 374 g/mol. The van der Waals surface area contributed by atoms with E-state index in [0.717, 1.165) is 11.1 Å². The standard InChI is InChI=1S/C18H14ClN3O3S/c1-12-8-14(19)10-15(9-12)25-18-20-7-6-17(21-18)22-11-13-4-2-3-5-16(13)26(22,23)24/h2-10H,11H2,1H3. The molecule has 0 spiro atoms. The van der Waals surface area contributed by atoms with Crippen LogP contribution in [0.25, 0.3) is 0 Å². The predicted octanol–water partition coefficient (Wildman–Crippen LogP) is 3.94. The second-order valence-corrected chi connectivity index (χ2v) is 8.15. The van der Waals surface area contributed by atoms with Gasteiger partial charge < -0.3 is 4.74 Å². The van der Waals surface area contributed by atoms with Gasteiger partial charge in [-0.1, -0.05) is 29.8 Å². The molecule has 0 saturated heterocycles. The first-order valence-corrected chi connectivity index (χ1v) is 9.64. The molecule has 0 atom stereocenters. The number of nitrogens with zero attached hydrogens (tertiary/aromatic N) is 3. The van der Waals surface area contributed by atoms with Gasteiger partial charge in [0.05, 0.1) is 11.4 Å². The van der Waals surface area contributed by atoms with Crippen molar-refractivity contribution in [2.45, 2.75) is 18.4 Å². The monoisotopic (exact) mass is 387 g/mol. The lowest BCUT2D eigenvalue weighted by molar-refractivity contribution is 0.442. The molecule has 0 N–H and O–H groups in total. The van der Waals surface area contributed by atoms with E-state index in [1.165, 1.54) is 10.5 Å². The lowest BCUT2D eigenvalue weighted by Gasteiger charge is -2.16. The van der Waals surface area contributed by atoms with Crippen LogP contribution in [-0.4, -0.2) is 18.4 Å². The SMILES string of the molecule is Cc1cc(Cl)cc(Oc2nccc(N3Cc4ccccc4S3(=O)=O)n2)c1. The van der Waals surface area contributed by atoms with Crippen molar-refractivity contribution in [3.63, 3.8) is 0 Å². The summed E-state index contributed by atoms with van der Waals surface area (Å²) >= 11 is 6.03. The van der Waals surface area contributed by atoms with Gasteiger partial charge in [-0.15, -0.1) is 0 Å². The summed E-state index contributed by atoms with van der Waals surface area (Å²) in [5.41, 5.74) is 1.67. The average Bonchev–Trinajstić information content (AvgIpc) is 2.86. The summed E-state index contributed by atoms with van der Waals surface area (Å²) in [4.78, 5) is 8.62. The van der Waals surface area contributed by atoms with E-state index in [0.29, 0.717) is 15.7 Å². The van der Waals surface area contributed by atoms with Crippen molar-refractivity contribution in [3.05, 3.63) is 70.9 Å². The van der Waals surface area contributed by atoms with Crippen molar-refractivity contribution >= 4 is 27.4 Å². The molecule has 26 heavy (non-hydrogen) atoms. The van der Waals surface area contributed by atoms with E-state index in [-0.39, 0.29) is 18.4 Å². The Balaban J connectivity index is 1.67. The van der Waals surface area contributed by atoms with Crippen LogP contribution in [0.5, 0.6) is 11.8 Å². The van der Waals surface area contributed by atoms with E-state index in [4.69, 9.17) is 16.3 Å². The molecule has 0 aliphatic carbocycles. The van der Waals surface area contributed by atoms with Gasteiger partial charge in [-0.2, -0.15) is 4.98 Å². The van der Waals surface area contributed by atoms with Crippen LogP contribution in [-0.2, 0) is 16.6 Å². The Hall–Kier alpha value is -2.64. The highest BCUT2D eigenvalue weighted by molar-refractivity contribution is 7.93. The number of hydrogen-bond acceptors (Lipinski definition) is 5. The van der Waals surface area contributed by atoms with Crippen molar-refractivity contribution in [2.75, 3.05) is 4.31 Å². The fourth-order valence-corrected chi connectivity index (χ4v) is 4.72. The number of halogens is 1. The van der Waals surface area contributed by atoms with Gasteiger partial charge in [0, 0.05) is 17.3 Å². The van der Waals surface area contributed by atoms with E-state index in [1.54, 1.807) is 42.5 Å². The van der Waals surface area contributed by atoms with Crippen LogP contribution in [0.3, 0.4) is 0 Å². The Labute approximate surface area is 156 Å². The average molecular weight is 388 g/mol. The zero-order valence-electron chi connectivity index (χ0n) is 13.8. The van der Waals surface area contributed by atoms with Gasteiger partial charge in [0.25, 0.3) is 10.0 Å². The molecule has 1 aliphatic heterocycles. The third kappa shape index (κ3) is 3.00. The van der Waals surface area contributed by atoms with Crippen LogP contribution in [0.1, 0.15) is 11.1 Å². The fourth-order valence-electron chi connectivity index (χ4n) is 2.84. The lowest BCUT2D eigenvalue weighted by atomic mass is 10.2. The van der Waals surface area contributed by atoms with Gasteiger partial charge in [0.2, 0.25) is 0 Å². The van der Waals surface area contributed by atoms with Gasteiger partial charge >= 0.3 is 6.01 Å². The fraction of sp³-hybridized carbons (Fsp3) is 0.111. The number of aryl methyl sites for hydroxylation is 1. The maximum absolute atomic E-state index is 12.8. The van der Waals surface area contributed by atoms with Crippen LogP contribution < -0.4 is 9.04 Å². The summed E-state index contributed by atoms with van der Waals surface area (Å²) < 4.78 is 32.4. The minimum Gasteiger partial charge on any atom is -0.424 e. The van der Waals surface area contributed by atoms with E-state index < -0.39 is 10.0 Å². The van der Waals surface area contributed by atoms with E-state index >= 15 is 0 Å². The molecule has 0 bridgehead atoms. The lowest BCUT2D eigenvalue weighted by Crippen LogP contribution is -2.24. The number of aromatic nitrogens is 2. The highest BCUT2D eigenvalue weighted by atomic mass is 35.5. The first-order chi connectivity index (χ1) is 12.4. The van der Waals surface area contributed by atoms with Crippen LogP contribution in [0.15, 0.2) is 59.6 Å². The van der Waals surface area contributed by atoms with Crippen molar-refractivity contribution in [1.82, 2.24) is 9.97 Å². The van der Waals surface area contributed by atoms with Gasteiger partial charge in [0.15, 0.2) is 0 Å². The quantitative estimate of drug-likeness (QED) is 0.680. The highest BCUT2D eigenvalue weighted by Gasteiger charge is 2.35. The number of benzene rings is 2. The molecule has 1 aromatic heterocycles. The maximum Gasteiger partial charge on any atom is 0.323 e. The highest BCUT2D eigenvalue weighted by Crippen LogP contribution is 2.34. The van der Waals surface area contributed by atoms with Gasteiger partial charge in [-0.25, -0.2) is 17.7 Å². The van der Waals surface area contributed by atoms with Crippen LogP contribution in [0.4, 0.5) is 5.82 Å². The van der Waals surface area contributed by atoms with Crippen molar-refractivity contribution < 1.29 is 13.2 Å². The molecule has 2 heterocycles. The van der Waals surface area contributed by atoms with E-state index in [2.05, 4.69) is 9.97 Å². The Kier molecular flexibility index (Phi) is 4.05. The molecule has 6 nitrogen and oxygen atoms in total. The molecule has 8 heteroatoms. The molecular formula is C18H14ClN3O3S. The van der Waals surface area contributed by atoms with Crippen LogP contribution in [0, 0.1) is 6.92 Å². The van der Waals surface area contributed by atoms with Crippen molar-refractivity contribution in [1.29, 1.82) is 0 Å². The number of rotatable bonds is 3. The topological polar surface area (TPSA) is 72.4 Å². The number of anilines is 1. The molecule has 0 fully saturated rings. The van der Waals surface area contributed by atoms with Crippen LogP contribution >= 0.6 is 11.6 Å². The molecule has 0 amide bonds. The smallest absolute Gasteiger partial charge is 0.323 e. The third-order valence-corrected chi connectivity index (χ3v) is 6.02. The second kappa shape index (κ2) is 6.26. The minimum atomic E-state index is -3.64. The van der Waals surface area contributed by atoms with Gasteiger partial charge in [-0.3, -0.25) is 0 Å². The Bertz CT molecular complexity index is 1080. The Morgan fingerprint density at radius 3 is 2.73 bits per heavy atom. The Morgan fingerprint density at radius 1 is 1.15 bits per heavy atom. The summed E-state index contributed by atoms with van der Waals surface area (Å²) in [7, 11) is -3.64. The summed E-state index contributed by atoms with van der Waals surface area (Å²) in [5, 5.41) is 0.536. The number of fused-ring (bicyclic) bond motifs is 1. The molecule has 1 aliphatic rings. The molecule has 4 rings (SSSR count). The zero-order valence-corrected chi connectivity index (χ0v) is 15.3. The normalized spacial score (nSPS) is 14.9. The molecule has 2 aromatic carbocycles. The molecule has 0 unspecified atom stereocenters. The van der Waals surface area contributed by atoms with Crippen molar-refractivity contribution in [2.24, 2.45) is 0 Å². The maximum atomic E-state index is 12.8. The minimum absolute atomic E-state index is 0.0512.